The summed E-state index contributed by atoms with van der Waals surface area (Å²) in [6.45, 7) is 0.760. The Morgan fingerprint density at radius 1 is 1.15 bits per heavy atom. The summed E-state index contributed by atoms with van der Waals surface area (Å²) in [7, 11) is 3.34. The van der Waals surface area contributed by atoms with Gasteiger partial charge in [0, 0.05) is 11.1 Å². The number of unbranched alkanes of at least 4 members (excludes halogenated alkanes) is 1. The molecule has 0 aliphatic heterocycles. The molecule has 1 rings (SSSR count). The van der Waals surface area contributed by atoms with Crippen LogP contribution in [0.25, 0.3) is 0 Å². The van der Waals surface area contributed by atoms with Gasteiger partial charge in [-0.3, -0.25) is 0 Å². The van der Waals surface area contributed by atoms with Crippen molar-refractivity contribution in [2.45, 2.75) is 19.3 Å². The van der Waals surface area contributed by atoms with Gasteiger partial charge in [0.1, 0.15) is 0 Å². The van der Waals surface area contributed by atoms with E-state index in [4.69, 9.17) is 4.74 Å². The third-order valence-corrected chi connectivity index (χ3v) is 2.45. The zero-order valence-electron chi connectivity index (χ0n) is 7.63. The molecule has 0 bridgehead atoms. The maximum Gasteiger partial charge on any atom is 0.0700 e. The zero-order valence-corrected chi connectivity index (χ0v) is 9.22. The van der Waals surface area contributed by atoms with E-state index in [1.54, 1.807) is 0 Å². The van der Waals surface area contributed by atoms with E-state index in [9.17, 15) is 0 Å². The molecule has 0 amide bonds. The molecule has 0 saturated carbocycles. The fourth-order valence-electron chi connectivity index (χ4n) is 1.18. The minimum absolute atomic E-state index is 0.760. The SMILES string of the molecule is [CH2]OCCCCc1ccc(Br)cc1. The van der Waals surface area contributed by atoms with Gasteiger partial charge < -0.3 is 4.74 Å². The lowest BCUT2D eigenvalue weighted by atomic mass is 10.1. The van der Waals surface area contributed by atoms with E-state index in [2.05, 4.69) is 47.3 Å². The van der Waals surface area contributed by atoms with E-state index in [-0.39, 0.29) is 0 Å². The molecule has 0 fully saturated rings. The first-order chi connectivity index (χ1) is 6.33. The molecule has 0 N–H and O–H groups in total. The van der Waals surface area contributed by atoms with Gasteiger partial charge in [-0.1, -0.05) is 28.1 Å². The standard InChI is InChI=1S/C11H14BrO/c1-13-9-3-2-4-10-5-7-11(12)8-6-10/h5-8H,1-4,9H2. The monoisotopic (exact) mass is 241 g/mol. The minimum atomic E-state index is 0.760. The predicted molar refractivity (Wildman–Crippen MR) is 58.4 cm³/mol. The van der Waals surface area contributed by atoms with Crippen LogP contribution in [0.4, 0.5) is 0 Å². The van der Waals surface area contributed by atoms with Crippen molar-refractivity contribution in [2.24, 2.45) is 0 Å². The summed E-state index contributed by atoms with van der Waals surface area (Å²) >= 11 is 3.41. The fraction of sp³-hybridized carbons (Fsp3) is 0.364. The van der Waals surface area contributed by atoms with Crippen molar-refractivity contribution >= 4 is 15.9 Å². The molecule has 1 aromatic carbocycles. The first-order valence-electron chi connectivity index (χ1n) is 4.44. The van der Waals surface area contributed by atoms with E-state index in [0.29, 0.717) is 0 Å². The van der Waals surface area contributed by atoms with Crippen LogP contribution < -0.4 is 0 Å². The molecule has 0 unspecified atom stereocenters. The average molecular weight is 242 g/mol. The van der Waals surface area contributed by atoms with Crippen molar-refractivity contribution in [3.05, 3.63) is 41.4 Å². The van der Waals surface area contributed by atoms with E-state index in [0.717, 1.165) is 30.3 Å². The van der Waals surface area contributed by atoms with Gasteiger partial charge in [0.2, 0.25) is 0 Å². The molecule has 0 aliphatic carbocycles. The van der Waals surface area contributed by atoms with Crippen LogP contribution in [0.5, 0.6) is 0 Å². The fourth-order valence-corrected chi connectivity index (χ4v) is 1.45. The maximum absolute atomic E-state index is 4.74. The molecular weight excluding hydrogens is 228 g/mol. The van der Waals surface area contributed by atoms with Crippen molar-refractivity contribution in [1.29, 1.82) is 0 Å². The van der Waals surface area contributed by atoms with Gasteiger partial charge in [0.15, 0.2) is 0 Å². The van der Waals surface area contributed by atoms with Crippen LogP contribution in [-0.4, -0.2) is 6.61 Å². The number of rotatable bonds is 5. The lowest BCUT2D eigenvalue weighted by Gasteiger charge is -2.01. The molecule has 1 aromatic rings. The average Bonchev–Trinajstić information content (AvgIpc) is 2.15. The Hall–Kier alpha value is -0.340. The van der Waals surface area contributed by atoms with Gasteiger partial charge in [-0.25, -0.2) is 0 Å². The predicted octanol–water partition coefficient (Wildman–Crippen LogP) is 3.58. The Labute approximate surface area is 88.2 Å². The van der Waals surface area contributed by atoms with Gasteiger partial charge in [0.25, 0.3) is 0 Å². The Bertz CT molecular complexity index is 230. The van der Waals surface area contributed by atoms with Crippen LogP contribution in [0, 0.1) is 7.11 Å². The van der Waals surface area contributed by atoms with Crippen LogP contribution in [-0.2, 0) is 11.2 Å². The molecule has 0 atom stereocenters. The lowest BCUT2D eigenvalue weighted by Crippen LogP contribution is -1.90. The van der Waals surface area contributed by atoms with Crippen LogP contribution in [0.3, 0.4) is 0 Å². The quantitative estimate of drug-likeness (QED) is 0.717. The van der Waals surface area contributed by atoms with Crippen LogP contribution in [0.1, 0.15) is 18.4 Å². The number of hydrogen-bond acceptors (Lipinski definition) is 1. The van der Waals surface area contributed by atoms with E-state index < -0.39 is 0 Å². The summed E-state index contributed by atoms with van der Waals surface area (Å²) in [5.74, 6) is 0. The summed E-state index contributed by atoms with van der Waals surface area (Å²) in [6.07, 6.45) is 3.37. The summed E-state index contributed by atoms with van der Waals surface area (Å²) in [5, 5.41) is 0. The van der Waals surface area contributed by atoms with Crippen molar-refractivity contribution < 1.29 is 4.74 Å². The number of halogens is 1. The molecule has 0 aromatic heterocycles. The first kappa shape index (κ1) is 10.7. The lowest BCUT2D eigenvalue weighted by molar-refractivity contribution is 0.235. The summed E-state index contributed by atoms with van der Waals surface area (Å²) in [5.41, 5.74) is 1.38. The second-order valence-corrected chi connectivity index (χ2v) is 3.91. The second kappa shape index (κ2) is 6.17. The molecule has 0 heterocycles. The molecule has 0 aliphatic rings. The number of hydrogen-bond donors (Lipinski definition) is 0. The first-order valence-corrected chi connectivity index (χ1v) is 5.23. The van der Waals surface area contributed by atoms with Gasteiger partial charge in [0.05, 0.1) is 7.11 Å². The third-order valence-electron chi connectivity index (χ3n) is 1.92. The van der Waals surface area contributed by atoms with Gasteiger partial charge >= 0.3 is 0 Å². The summed E-state index contributed by atoms with van der Waals surface area (Å²) in [4.78, 5) is 0. The molecule has 13 heavy (non-hydrogen) atoms. The van der Waals surface area contributed by atoms with Gasteiger partial charge in [-0.05, 0) is 37.0 Å². The van der Waals surface area contributed by atoms with Gasteiger partial charge in [-0.2, -0.15) is 0 Å². The van der Waals surface area contributed by atoms with Crippen molar-refractivity contribution in [2.75, 3.05) is 6.61 Å². The Balaban J connectivity index is 2.25. The Morgan fingerprint density at radius 2 is 1.85 bits per heavy atom. The normalized spacial score (nSPS) is 10.3. The van der Waals surface area contributed by atoms with E-state index in [1.807, 2.05) is 0 Å². The highest BCUT2D eigenvalue weighted by Crippen LogP contribution is 2.12. The van der Waals surface area contributed by atoms with Crippen LogP contribution in [0.15, 0.2) is 28.7 Å². The van der Waals surface area contributed by atoms with Crippen molar-refractivity contribution in [1.82, 2.24) is 0 Å². The van der Waals surface area contributed by atoms with Crippen LogP contribution in [0.2, 0.25) is 0 Å². The van der Waals surface area contributed by atoms with E-state index in [1.165, 1.54) is 5.56 Å². The molecule has 0 spiro atoms. The highest BCUT2D eigenvalue weighted by atomic mass is 79.9. The second-order valence-electron chi connectivity index (χ2n) is 2.99. The van der Waals surface area contributed by atoms with Crippen molar-refractivity contribution in [3.8, 4) is 0 Å². The molecule has 71 valence electrons. The Kier molecular flexibility index (Phi) is 5.09. The number of aryl methyl sites for hydroxylation is 1. The zero-order chi connectivity index (χ0) is 9.52. The minimum Gasteiger partial charge on any atom is -0.379 e. The molecular formula is C11H14BrO. The van der Waals surface area contributed by atoms with Crippen molar-refractivity contribution in [3.63, 3.8) is 0 Å². The third kappa shape index (κ3) is 4.44. The van der Waals surface area contributed by atoms with E-state index >= 15 is 0 Å². The topological polar surface area (TPSA) is 9.23 Å². The van der Waals surface area contributed by atoms with Gasteiger partial charge in [-0.15, -0.1) is 0 Å². The maximum atomic E-state index is 4.74. The number of ether oxygens (including phenoxy) is 1. The summed E-state index contributed by atoms with van der Waals surface area (Å²) < 4.78 is 5.88. The molecule has 2 heteroatoms. The largest absolute Gasteiger partial charge is 0.379 e. The molecule has 1 radical (unpaired) electrons. The summed E-state index contributed by atoms with van der Waals surface area (Å²) in [6, 6.07) is 8.45. The molecule has 0 saturated heterocycles. The highest BCUT2D eigenvalue weighted by molar-refractivity contribution is 9.10. The smallest absolute Gasteiger partial charge is 0.0700 e. The molecule has 1 nitrogen and oxygen atoms in total. The number of benzene rings is 1. The Morgan fingerprint density at radius 3 is 2.46 bits per heavy atom. The highest BCUT2D eigenvalue weighted by Gasteiger charge is 1.93. The van der Waals surface area contributed by atoms with Crippen LogP contribution >= 0.6 is 15.9 Å².